The number of aliphatic hydroxyl groups is 1. The summed E-state index contributed by atoms with van der Waals surface area (Å²) in [6.45, 7) is 9.98. The summed E-state index contributed by atoms with van der Waals surface area (Å²) in [6.07, 6.45) is 1.85. The van der Waals surface area contributed by atoms with Crippen LogP contribution in [0, 0.1) is 0 Å². The van der Waals surface area contributed by atoms with Crippen LogP contribution >= 0.6 is 0 Å². The number of hydrogen-bond donors (Lipinski definition) is 2. The standard InChI is InChI=1S/C18H26N2O3/c1-13(2)19-15(12-20-7-3-4-8-20)18(21)14-5-6-16-17(11-14)23-10-9-22-16/h5-6,11,15,18-19,21H,1,3-4,7-10,12H2,2H3. The van der Waals surface area contributed by atoms with Crippen LogP contribution in [0.3, 0.4) is 0 Å². The van der Waals surface area contributed by atoms with Crippen molar-refractivity contribution in [3.05, 3.63) is 36.0 Å². The predicted octanol–water partition coefficient (Wildman–Crippen LogP) is 2.08. The molecule has 0 aromatic heterocycles. The lowest BCUT2D eigenvalue weighted by Gasteiger charge is -2.30. The van der Waals surface area contributed by atoms with Gasteiger partial charge in [0.1, 0.15) is 19.3 Å². The van der Waals surface area contributed by atoms with Crippen molar-refractivity contribution in [2.24, 2.45) is 0 Å². The SMILES string of the molecule is C=C(C)NC(CN1CCCC1)C(O)c1ccc2c(c1)OCCO2. The van der Waals surface area contributed by atoms with Gasteiger partial charge in [-0.15, -0.1) is 0 Å². The minimum atomic E-state index is -0.622. The number of likely N-dealkylation sites (tertiary alicyclic amines) is 1. The van der Waals surface area contributed by atoms with Crippen LogP contribution < -0.4 is 14.8 Å². The lowest BCUT2D eigenvalue weighted by molar-refractivity contribution is 0.110. The first-order valence-electron chi connectivity index (χ1n) is 8.35. The minimum Gasteiger partial charge on any atom is -0.486 e. The number of benzene rings is 1. The number of nitrogens with one attached hydrogen (secondary N) is 1. The lowest BCUT2D eigenvalue weighted by atomic mass is 10.0. The lowest BCUT2D eigenvalue weighted by Crippen LogP contribution is -2.43. The van der Waals surface area contributed by atoms with Crippen LogP contribution in [-0.2, 0) is 0 Å². The van der Waals surface area contributed by atoms with E-state index in [1.165, 1.54) is 12.8 Å². The maximum absolute atomic E-state index is 10.9. The first-order chi connectivity index (χ1) is 11.1. The maximum atomic E-state index is 10.9. The Kier molecular flexibility index (Phi) is 5.08. The van der Waals surface area contributed by atoms with Gasteiger partial charge in [0.15, 0.2) is 11.5 Å². The highest BCUT2D eigenvalue weighted by Gasteiger charge is 2.26. The molecule has 2 aliphatic rings. The Morgan fingerprint density at radius 2 is 1.96 bits per heavy atom. The fourth-order valence-corrected chi connectivity index (χ4v) is 3.26. The topological polar surface area (TPSA) is 54.0 Å². The average Bonchev–Trinajstić information content (AvgIpc) is 3.06. The van der Waals surface area contributed by atoms with Gasteiger partial charge in [-0.25, -0.2) is 0 Å². The van der Waals surface area contributed by atoms with Gasteiger partial charge < -0.3 is 24.8 Å². The summed E-state index contributed by atoms with van der Waals surface area (Å²) in [4.78, 5) is 2.39. The van der Waals surface area contributed by atoms with Crippen LogP contribution in [0.4, 0.5) is 0 Å². The fourth-order valence-electron chi connectivity index (χ4n) is 3.26. The molecule has 2 unspecified atom stereocenters. The van der Waals surface area contributed by atoms with Crippen molar-refractivity contribution in [1.29, 1.82) is 0 Å². The second-order valence-electron chi connectivity index (χ2n) is 6.39. The fraction of sp³-hybridized carbons (Fsp3) is 0.556. The average molecular weight is 318 g/mol. The normalized spacial score (nSPS) is 20.1. The molecule has 1 aromatic carbocycles. The van der Waals surface area contributed by atoms with Crippen molar-refractivity contribution in [2.75, 3.05) is 32.8 Å². The number of fused-ring (bicyclic) bond motifs is 1. The molecule has 2 aliphatic heterocycles. The Bertz CT molecular complexity index is 555. The van der Waals surface area contributed by atoms with E-state index in [2.05, 4.69) is 16.8 Å². The van der Waals surface area contributed by atoms with Crippen molar-refractivity contribution < 1.29 is 14.6 Å². The van der Waals surface area contributed by atoms with Gasteiger partial charge in [-0.05, 0) is 50.6 Å². The third-order valence-electron chi connectivity index (χ3n) is 4.37. The van der Waals surface area contributed by atoms with Gasteiger partial charge in [0.05, 0.1) is 6.04 Å². The van der Waals surface area contributed by atoms with E-state index in [4.69, 9.17) is 9.47 Å². The van der Waals surface area contributed by atoms with Crippen LogP contribution in [0.1, 0.15) is 31.4 Å². The Hall–Kier alpha value is -1.72. The van der Waals surface area contributed by atoms with Gasteiger partial charge in [0.2, 0.25) is 0 Å². The van der Waals surface area contributed by atoms with E-state index in [0.29, 0.717) is 19.0 Å². The van der Waals surface area contributed by atoms with Gasteiger partial charge in [-0.3, -0.25) is 0 Å². The van der Waals surface area contributed by atoms with Crippen LogP contribution in [0.15, 0.2) is 30.5 Å². The third kappa shape index (κ3) is 3.98. The number of hydrogen-bond acceptors (Lipinski definition) is 5. The second-order valence-corrected chi connectivity index (χ2v) is 6.39. The van der Waals surface area contributed by atoms with Crippen molar-refractivity contribution in [1.82, 2.24) is 10.2 Å². The molecule has 0 saturated carbocycles. The van der Waals surface area contributed by atoms with E-state index in [1.807, 2.05) is 25.1 Å². The van der Waals surface area contributed by atoms with E-state index in [1.54, 1.807) is 0 Å². The summed E-state index contributed by atoms with van der Waals surface area (Å²) in [5.41, 5.74) is 1.71. The quantitative estimate of drug-likeness (QED) is 0.841. The maximum Gasteiger partial charge on any atom is 0.161 e. The minimum absolute atomic E-state index is 0.0897. The van der Waals surface area contributed by atoms with E-state index in [9.17, 15) is 5.11 Å². The molecule has 2 N–H and O–H groups in total. The van der Waals surface area contributed by atoms with Crippen LogP contribution in [0.5, 0.6) is 11.5 Å². The van der Waals surface area contributed by atoms with Gasteiger partial charge in [0, 0.05) is 12.2 Å². The zero-order chi connectivity index (χ0) is 16.2. The van der Waals surface area contributed by atoms with Gasteiger partial charge in [-0.1, -0.05) is 12.6 Å². The molecule has 0 amide bonds. The van der Waals surface area contributed by atoms with Gasteiger partial charge in [0.25, 0.3) is 0 Å². The molecule has 0 aliphatic carbocycles. The molecule has 2 heterocycles. The Morgan fingerprint density at radius 1 is 1.26 bits per heavy atom. The number of allylic oxidation sites excluding steroid dienone is 1. The molecule has 1 aromatic rings. The molecule has 5 heteroatoms. The predicted molar refractivity (Wildman–Crippen MR) is 89.8 cm³/mol. The molecule has 0 bridgehead atoms. The van der Waals surface area contributed by atoms with Crippen molar-refractivity contribution in [3.8, 4) is 11.5 Å². The van der Waals surface area contributed by atoms with Crippen molar-refractivity contribution in [3.63, 3.8) is 0 Å². The monoisotopic (exact) mass is 318 g/mol. The summed E-state index contributed by atoms with van der Waals surface area (Å²) in [5.74, 6) is 1.46. The number of rotatable bonds is 6. The molecule has 5 nitrogen and oxygen atoms in total. The van der Waals surface area contributed by atoms with Crippen molar-refractivity contribution >= 4 is 0 Å². The zero-order valence-electron chi connectivity index (χ0n) is 13.8. The molecule has 23 heavy (non-hydrogen) atoms. The van der Waals surface area contributed by atoms with E-state index >= 15 is 0 Å². The van der Waals surface area contributed by atoms with E-state index in [0.717, 1.165) is 36.6 Å². The highest BCUT2D eigenvalue weighted by Crippen LogP contribution is 2.33. The van der Waals surface area contributed by atoms with Crippen LogP contribution in [-0.4, -0.2) is 48.9 Å². The van der Waals surface area contributed by atoms with Crippen LogP contribution in [0.2, 0.25) is 0 Å². The summed E-state index contributed by atoms with van der Waals surface area (Å²) in [6, 6.07) is 5.58. The van der Waals surface area contributed by atoms with Crippen LogP contribution in [0.25, 0.3) is 0 Å². The molecule has 1 saturated heterocycles. The molecule has 126 valence electrons. The largest absolute Gasteiger partial charge is 0.486 e. The molecule has 0 spiro atoms. The van der Waals surface area contributed by atoms with Gasteiger partial charge >= 0.3 is 0 Å². The number of aliphatic hydroxyl groups excluding tert-OH is 1. The smallest absolute Gasteiger partial charge is 0.161 e. The molecule has 1 fully saturated rings. The second kappa shape index (κ2) is 7.23. The van der Waals surface area contributed by atoms with E-state index < -0.39 is 6.10 Å². The summed E-state index contributed by atoms with van der Waals surface area (Å²) in [7, 11) is 0. The Balaban J connectivity index is 1.75. The first kappa shape index (κ1) is 16.1. The number of ether oxygens (including phenoxy) is 2. The summed E-state index contributed by atoms with van der Waals surface area (Å²) in [5, 5.41) is 14.2. The molecule has 3 rings (SSSR count). The highest BCUT2D eigenvalue weighted by molar-refractivity contribution is 5.44. The Morgan fingerprint density at radius 3 is 2.65 bits per heavy atom. The van der Waals surface area contributed by atoms with E-state index in [-0.39, 0.29) is 6.04 Å². The molecule has 0 radical (unpaired) electrons. The Labute approximate surface area is 137 Å². The molecule has 2 atom stereocenters. The summed E-state index contributed by atoms with van der Waals surface area (Å²) >= 11 is 0. The first-order valence-corrected chi connectivity index (χ1v) is 8.35. The summed E-state index contributed by atoms with van der Waals surface area (Å²) < 4.78 is 11.2. The zero-order valence-corrected chi connectivity index (χ0v) is 13.8. The van der Waals surface area contributed by atoms with Crippen molar-refractivity contribution in [2.45, 2.75) is 31.9 Å². The number of nitrogens with zero attached hydrogens (tertiary/aromatic N) is 1. The van der Waals surface area contributed by atoms with Gasteiger partial charge in [-0.2, -0.15) is 0 Å². The molecular formula is C18H26N2O3. The third-order valence-corrected chi connectivity index (χ3v) is 4.37. The highest BCUT2D eigenvalue weighted by atomic mass is 16.6. The molecular weight excluding hydrogens is 292 g/mol.